The fourth-order valence-electron chi connectivity index (χ4n) is 1.17. The van der Waals surface area contributed by atoms with Gasteiger partial charge in [0.1, 0.15) is 5.76 Å². The summed E-state index contributed by atoms with van der Waals surface area (Å²) in [6, 6.07) is 0. The van der Waals surface area contributed by atoms with E-state index in [1.807, 2.05) is 0 Å². The van der Waals surface area contributed by atoms with Crippen LogP contribution >= 0.6 is 0 Å². The predicted molar refractivity (Wildman–Crippen MR) is 56.6 cm³/mol. The SMILES string of the molecule is C=C=C(O)CCOCCN1C(=O)C=CC1=O. The zero-order valence-corrected chi connectivity index (χ0v) is 8.81. The number of aliphatic hydroxyl groups excluding tert-OH is 1. The molecule has 1 aliphatic rings. The minimum absolute atomic E-state index is 0.0370. The monoisotopic (exact) mass is 223 g/mol. The molecule has 0 atom stereocenters. The molecule has 86 valence electrons. The fraction of sp³-hybridized carbons (Fsp3) is 0.364. The first-order valence-corrected chi connectivity index (χ1v) is 4.84. The van der Waals surface area contributed by atoms with Crippen molar-refractivity contribution in [2.24, 2.45) is 0 Å². The van der Waals surface area contributed by atoms with Crippen LogP contribution in [0.1, 0.15) is 6.42 Å². The van der Waals surface area contributed by atoms with Gasteiger partial charge in [0.15, 0.2) is 0 Å². The highest BCUT2D eigenvalue weighted by molar-refractivity contribution is 6.12. The lowest BCUT2D eigenvalue weighted by Crippen LogP contribution is -2.33. The van der Waals surface area contributed by atoms with Gasteiger partial charge in [-0.3, -0.25) is 14.5 Å². The van der Waals surface area contributed by atoms with Gasteiger partial charge >= 0.3 is 0 Å². The number of carbonyl (C=O) groups excluding carboxylic acids is 2. The number of nitrogens with zero attached hydrogens (tertiary/aromatic N) is 1. The largest absolute Gasteiger partial charge is 0.505 e. The molecular weight excluding hydrogens is 210 g/mol. The Morgan fingerprint density at radius 3 is 2.56 bits per heavy atom. The summed E-state index contributed by atoms with van der Waals surface area (Å²) in [7, 11) is 0. The summed E-state index contributed by atoms with van der Waals surface area (Å²) in [6.07, 6.45) is 2.78. The molecule has 0 saturated carbocycles. The summed E-state index contributed by atoms with van der Waals surface area (Å²) in [5.74, 6) is -0.597. The van der Waals surface area contributed by atoms with E-state index in [-0.39, 0.29) is 30.7 Å². The van der Waals surface area contributed by atoms with Crippen molar-refractivity contribution < 1.29 is 19.4 Å². The molecule has 16 heavy (non-hydrogen) atoms. The number of amides is 2. The van der Waals surface area contributed by atoms with Crippen LogP contribution in [0, 0.1) is 0 Å². The molecule has 0 aliphatic carbocycles. The quantitative estimate of drug-likeness (QED) is 0.309. The second-order valence-electron chi connectivity index (χ2n) is 3.15. The molecule has 2 amide bonds. The fourth-order valence-corrected chi connectivity index (χ4v) is 1.17. The third-order valence-electron chi connectivity index (χ3n) is 2.05. The van der Waals surface area contributed by atoms with Crippen LogP contribution in [0.2, 0.25) is 0 Å². The summed E-state index contributed by atoms with van der Waals surface area (Å²) in [6.45, 7) is 4.05. The molecular formula is C11H13NO4. The van der Waals surface area contributed by atoms with Crippen LogP contribution in [0.25, 0.3) is 0 Å². The maximum Gasteiger partial charge on any atom is 0.253 e. The molecule has 5 nitrogen and oxygen atoms in total. The molecule has 1 heterocycles. The molecule has 0 aromatic heterocycles. The Morgan fingerprint density at radius 1 is 1.38 bits per heavy atom. The van der Waals surface area contributed by atoms with Crippen molar-refractivity contribution in [3.8, 4) is 0 Å². The van der Waals surface area contributed by atoms with Crippen molar-refractivity contribution in [1.82, 2.24) is 4.90 Å². The normalized spacial score (nSPS) is 14.4. The van der Waals surface area contributed by atoms with Crippen molar-refractivity contribution in [3.05, 3.63) is 30.2 Å². The number of rotatable bonds is 6. The number of aliphatic hydroxyl groups is 1. The van der Waals surface area contributed by atoms with Gasteiger partial charge in [-0.05, 0) is 0 Å². The lowest BCUT2D eigenvalue weighted by Gasteiger charge is -2.13. The third kappa shape index (κ3) is 3.38. The van der Waals surface area contributed by atoms with E-state index in [1.165, 1.54) is 12.2 Å². The van der Waals surface area contributed by atoms with Gasteiger partial charge in [0.25, 0.3) is 11.8 Å². The van der Waals surface area contributed by atoms with E-state index >= 15 is 0 Å². The Hall–Kier alpha value is -1.84. The smallest absolute Gasteiger partial charge is 0.253 e. The molecule has 0 radical (unpaired) electrons. The molecule has 0 saturated heterocycles. The first-order chi connectivity index (χ1) is 7.65. The van der Waals surface area contributed by atoms with Crippen molar-refractivity contribution in [2.75, 3.05) is 19.8 Å². The zero-order valence-electron chi connectivity index (χ0n) is 8.81. The standard InChI is InChI=1S/C11H13NO4/c1-2-9(13)5-7-16-8-6-12-10(14)3-4-11(12)15/h3-4,13H,1,5-8H2. The van der Waals surface area contributed by atoms with Crippen LogP contribution in [0.5, 0.6) is 0 Å². The maximum atomic E-state index is 11.1. The van der Waals surface area contributed by atoms with Crippen molar-refractivity contribution in [2.45, 2.75) is 6.42 Å². The molecule has 0 aromatic carbocycles. The van der Waals surface area contributed by atoms with Crippen LogP contribution < -0.4 is 0 Å². The summed E-state index contributed by atoms with van der Waals surface area (Å²) >= 11 is 0. The van der Waals surface area contributed by atoms with Gasteiger partial charge < -0.3 is 9.84 Å². The predicted octanol–water partition coefficient (Wildman–Crippen LogP) is 0.545. The van der Waals surface area contributed by atoms with Gasteiger partial charge in [0.05, 0.1) is 19.8 Å². The van der Waals surface area contributed by atoms with E-state index in [0.29, 0.717) is 13.0 Å². The van der Waals surface area contributed by atoms with E-state index < -0.39 is 0 Å². The highest BCUT2D eigenvalue weighted by atomic mass is 16.5. The van der Waals surface area contributed by atoms with E-state index in [1.54, 1.807) is 0 Å². The maximum absolute atomic E-state index is 11.1. The summed E-state index contributed by atoms with van der Waals surface area (Å²) in [5, 5.41) is 8.99. The molecule has 0 unspecified atom stereocenters. The zero-order chi connectivity index (χ0) is 12.0. The van der Waals surface area contributed by atoms with Gasteiger partial charge in [-0.1, -0.05) is 12.3 Å². The van der Waals surface area contributed by atoms with E-state index in [0.717, 1.165) is 4.90 Å². The van der Waals surface area contributed by atoms with Crippen LogP contribution in [0.4, 0.5) is 0 Å². The Bertz CT molecular complexity index is 348. The average molecular weight is 223 g/mol. The third-order valence-corrected chi connectivity index (χ3v) is 2.05. The molecule has 0 bridgehead atoms. The second kappa shape index (κ2) is 5.90. The summed E-state index contributed by atoms with van der Waals surface area (Å²) < 4.78 is 5.14. The molecule has 5 heteroatoms. The van der Waals surface area contributed by atoms with E-state index in [4.69, 9.17) is 9.84 Å². The number of hydrogen-bond donors (Lipinski definition) is 1. The van der Waals surface area contributed by atoms with Crippen LogP contribution in [-0.4, -0.2) is 41.6 Å². The van der Waals surface area contributed by atoms with Crippen LogP contribution in [0.3, 0.4) is 0 Å². The lowest BCUT2D eigenvalue weighted by atomic mass is 10.4. The first-order valence-electron chi connectivity index (χ1n) is 4.84. The topological polar surface area (TPSA) is 66.8 Å². The second-order valence-corrected chi connectivity index (χ2v) is 3.15. The van der Waals surface area contributed by atoms with Crippen molar-refractivity contribution in [1.29, 1.82) is 0 Å². The highest BCUT2D eigenvalue weighted by Gasteiger charge is 2.22. The molecule has 0 fully saturated rings. The summed E-state index contributed by atoms with van der Waals surface area (Å²) in [5.41, 5.74) is 2.32. The van der Waals surface area contributed by atoms with E-state index in [2.05, 4.69) is 12.3 Å². The number of imide groups is 1. The van der Waals surface area contributed by atoms with Gasteiger partial charge in [-0.2, -0.15) is 0 Å². The number of hydrogen-bond acceptors (Lipinski definition) is 4. The average Bonchev–Trinajstić information content (AvgIpc) is 2.59. The molecule has 1 aliphatic heterocycles. The van der Waals surface area contributed by atoms with Gasteiger partial charge in [0.2, 0.25) is 0 Å². The Morgan fingerprint density at radius 2 is 2.00 bits per heavy atom. The van der Waals surface area contributed by atoms with Gasteiger partial charge in [0, 0.05) is 18.6 Å². The molecule has 1 N–H and O–H groups in total. The highest BCUT2D eigenvalue weighted by Crippen LogP contribution is 2.02. The minimum Gasteiger partial charge on any atom is -0.505 e. The van der Waals surface area contributed by atoms with Crippen molar-refractivity contribution >= 4 is 11.8 Å². The molecule has 1 rings (SSSR count). The Kier molecular flexibility index (Phi) is 4.51. The van der Waals surface area contributed by atoms with Crippen molar-refractivity contribution in [3.63, 3.8) is 0 Å². The van der Waals surface area contributed by atoms with Gasteiger partial charge in [-0.25, -0.2) is 0 Å². The Labute approximate surface area is 93.3 Å². The molecule has 0 aromatic rings. The molecule has 0 spiro atoms. The first kappa shape index (κ1) is 12.2. The van der Waals surface area contributed by atoms with Gasteiger partial charge in [-0.15, -0.1) is 0 Å². The van der Waals surface area contributed by atoms with Crippen LogP contribution in [0.15, 0.2) is 30.2 Å². The van der Waals surface area contributed by atoms with E-state index in [9.17, 15) is 9.59 Å². The number of carbonyl (C=O) groups is 2. The summed E-state index contributed by atoms with van der Waals surface area (Å²) in [4.78, 5) is 23.3. The van der Waals surface area contributed by atoms with Crippen LogP contribution in [-0.2, 0) is 14.3 Å². The number of ether oxygens (including phenoxy) is 1. The Balaban J connectivity index is 2.15. The lowest BCUT2D eigenvalue weighted by molar-refractivity contribution is -0.137. The minimum atomic E-state index is -0.317.